The number of benzene rings is 3. The minimum Gasteiger partial charge on any atom is -0.489 e. The first-order valence-corrected chi connectivity index (χ1v) is 9.94. The van der Waals surface area contributed by atoms with Crippen LogP contribution >= 0.6 is 0 Å². The molecule has 0 unspecified atom stereocenters. The van der Waals surface area contributed by atoms with Gasteiger partial charge in [0.25, 0.3) is 0 Å². The molecule has 0 aromatic heterocycles. The minimum atomic E-state index is -1.04. The average molecular weight is 403 g/mol. The van der Waals surface area contributed by atoms with Gasteiger partial charge in [0.15, 0.2) is 0 Å². The van der Waals surface area contributed by atoms with Gasteiger partial charge in [-0.2, -0.15) is 0 Å². The van der Waals surface area contributed by atoms with Crippen LogP contribution in [-0.2, 0) is 30.0 Å². The monoisotopic (exact) mass is 403 g/mol. The molecule has 0 radical (unpaired) electrons. The Balaban J connectivity index is 1.63. The fourth-order valence-electron chi connectivity index (χ4n) is 3.75. The van der Waals surface area contributed by atoms with Gasteiger partial charge < -0.3 is 20.3 Å². The molecule has 0 fully saturated rings. The molecule has 3 N–H and O–H groups in total. The first kappa shape index (κ1) is 20.0. The molecule has 0 aliphatic carbocycles. The summed E-state index contributed by atoms with van der Waals surface area (Å²) in [6.07, 6.45) is 0. The van der Waals surface area contributed by atoms with Crippen molar-refractivity contribution < 1.29 is 19.4 Å². The molecule has 5 nitrogen and oxygen atoms in total. The fraction of sp³-hybridized carbons (Fsp3) is 0.240. The molecule has 4 rings (SSSR count). The van der Waals surface area contributed by atoms with Gasteiger partial charge in [-0.3, -0.25) is 4.79 Å². The number of hydrogen-bond donors (Lipinski definition) is 2. The normalized spacial score (nSPS) is 12.5. The molecule has 1 aliphatic rings. The van der Waals surface area contributed by atoms with Crippen molar-refractivity contribution >= 4 is 5.97 Å². The van der Waals surface area contributed by atoms with Gasteiger partial charge >= 0.3 is 5.97 Å². The number of ether oxygens (including phenoxy) is 2. The van der Waals surface area contributed by atoms with Crippen molar-refractivity contribution in [3.05, 3.63) is 82.9 Å². The van der Waals surface area contributed by atoms with Gasteiger partial charge in [0, 0.05) is 23.2 Å². The van der Waals surface area contributed by atoms with Crippen molar-refractivity contribution in [3.63, 3.8) is 0 Å². The van der Waals surface area contributed by atoms with Crippen molar-refractivity contribution in [1.82, 2.24) is 0 Å². The van der Waals surface area contributed by atoms with E-state index >= 15 is 0 Å². The maximum absolute atomic E-state index is 11.7. The van der Waals surface area contributed by atoms with Crippen molar-refractivity contribution in [1.29, 1.82) is 0 Å². The summed E-state index contributed by atoms with van der Waals surface area (Å²) in [5.41, 5.74) is 10.7. The van der Waals surface area contributed by atoms with E-state index in [4.69, 9.17) is 15.2 Å². The van der Waals surface area contributed by atoms with E-state index in [0.29, 0.717) is 31.1 Å². The molecule has 154 valence electrons. The molecule has 3 aromatic rings. The Kier molecular flexibility index (Phi) is 5.22. The van der Waals surface area contributed by atoms with Crippen LogP contribution in [0.3, 0.4) is 0 Å². The Morgan fingerprint density at radius 3 is 2.67 bits per heavy atom. The SMILES string of the molecule is CC(C)(C(=O)O)c1ccccc1OCc1ccc2c(c1)-c1cccc(CN)c1OC2. The fourth-order valence-corrected chi connectivity index (χ4v) is 3.75. The molecule has 5 heteroatoms. The molecule has 0 amide bonds. The zero-order valence-electron chi connectivity index (χ0n) is 17.1. The van der Waals surface area contributed by atoms with Crippen LogP contribution in [0.4, 0.5) is 0 Å². The van der Waals surface area contributed by atoms with Gasteiger partial charge in [0.2, 0.25) is 0 Å². The molecule has 1 aliphatic heterocycles. The highest BCUT2D eigenvalue weighted by Gasteiger charge is 2.32. The van der Waals surface area contributed by atoms with E-state index in [0.717, 1.165) is 33.6 Å². The Morgan fingerprint density at radius 2 is 1.90 bits per heavy atom. The van der Waals surface area contributed by atoms with Gasteiger partial charge in [-0.15, -0.1) is 0 Å². The van der Waals surface area contributed by atoms with Crippen molar-refractivity contribution in [2.24, 2.45) is 5.73 Å². The summed E-state index contributed by atoms with van der Waals surface area (Å²) in [7, 11) is 0. The zero-order valence-corrected chi connectivity index (χ0v) is 17.1. The predicted molar refractivity (Wildman–Crippen MR) is 116 cm³/mol. The second-order valence-electron chi connectivity index (χ2n) is 7.99. The summed E-state index contributed by atoms with van der Waals surface area (Å²) < 4.78 is 12.0. The molecule has 0 saturated heterocycles. The smallest absolute Gasteiger partial charge is 0.313 e. The largest absolute Gasteiger partial charge is 0.489 e. The molecule has 0 bridgehead atoms. The van der Waals surface area contributed by atoms with Crippen molar-refractivity contribution in [2.45, 2.75) is 39.0 Å². The van der Waals surface area contributed by atoms with Crippen molar-refractivity contribution in [3.8, 4) is 22.6 Å². The van der Waals surface area contributed by atoms with E-state index in [-0.39, 0.29) is 0 Å². The second-order valence-corrected chi connectivity index (χ2v) is 7.99. The Morgan fingerprint density at radius 1 is 1.10 bits per heavy atom. The van der Waals surface area contributed by atoms with E-state index in [1.807, 2.05) is 42.5 Å². The van der Waals surface area contributed by atoms with E-state index in [2.05, 4.69) is 12.1 Å². The maximum atomic E-state index is 11.7. The topological polar surface area (TPSA) is 81.8 Å². The zero-order chi connectivity index (χ0) is 21.3. The first-order chi connectivity index (χ1) is 14.4. The number of aliphatic carboxylic acids is 1. The number of hydrogen-bond acceptors (Lipinski definition) is 4. The predicted octanol–water partition coefficient (Wildman–Crippen LogP) is 4.65. The Labute approximate surface area is 176 Å². The molecule has 0 saturated carbocycles. The summed E-state index contributed by atoms with van der Waals surface area (Å²) in [5.74, 6) is 0.538. The van der Waals surface area contributed by atoms with Gasteiger partial charge in [0.1, 0.15) is 24.7 Å². The third kappa shape index (κ3) is 3.53. The lowest BCUT2D eigenvalue weighted by Gasteiger charge is -2.24. The van der Waals surface area contributed by atoms with Gasteiger partial charge in [-0.05, 0) is 42.7 Å². The van der Waals surface area contributed by atoms with Gasteiger partial charge in [-0.25, -0.2) is 0 Å². The Hall–Kier alpha value is -3.31. The van der Waals surface area contributed by atoms with E-state index in [1.54, 1.807) is 19.9 Å². The molecule has 1 heterocycles. The minimum absolute atomic E-state index is 0.340. The standard InChI is InChI=1S/C25H25NO4/c1-25(2,24(27)28)21-8-3-4-9-22(21)29-14-16-10-11-18-15-30-23-17(13-26)6-5-7-19(23)20(18)12-16/h3-12H,13-15,26H2,1-2H3,(H,27,28). The highest BCUT2D eigenvalue weighted by atomic mass is 16.5. The van der Waals surface area contributed by atoms with E-state index in [1.165, 1.54) is 0 Å². The van der Waals surface area contributed by atoms with E-state index in [9.17, 15) is 9.90 Å². The summed E-state index contributed by atoms with van der Waals surface area (Å²) in [5, 5.41) is 9.60. The quantitative estimate of drug-likeness (QED) is 0.626. The molecule has 30 heavy (non-hydrogen) atoms. The van der Waals surface area contributed by atoms with Gasteiger partial charge in [-0.1, -0.05) is 48.5 Å². The summed E-state index contributed by atoms with van der Waals surface area (Å²) >= 11 is 0. The summed E-state index contributed by atoms with van der Waals surface area (Å²) in [4.78, 5) is 11.7. The lowest BCUT2D eigenvalue weighted by molar-refractivity contribution is -0.142. The molecular weight excluding hydrogens is 378 g/mol. The van der Waals surface area contributed by atoms with E-state index < -0.39 is 11.4 Å². The number of rotatable bonds is 6. The van der Waals surface area contributed by atoms with Crippen LogP contribution in [0.2, 0.25) is 0 Å². The molecule has 0 atom stereocenters. The number of fused-ring (bicyclic) bond motifs is 3. The maximum Gasteiger partial charge on any atom is 0.313 e. The van der Waals surface area contributed by atoms with Crippen molar-refractivity contribution in [2.75, 3.05) is 0 Å². The van der Waals surface area contributed by atoms with Crippen LogP contribution in [0, 0.1) is 0 Å². The van der Waals surface area contributed by atoms with Crippen LogP contribution in [0.25, 0.3) is 11.1 Å². The number of carboxylic acids is 1. The summed E-state index contributed by atoms with van der Waals surface area (Å²) in [6.45, 7) is 4.64. The Bertz CT molecular complexity index is 1100. The average Bonchev–Trinajstić information content (AvgIpc) is 2.77. The van der Waals surface area contributed by atoms with Crippen LogP contribution in [-0.4, -0.2) is 11.1 Å². The number of carbonyl (C=O) groups is 1. The van der Waals surface area contributed by atoms with Crippen LogP contribution in [0.5, 0.6) is 11.5 Å². The van der Waals surface area contributed by atoms with Crippen LogP contribution in [0.1, 0.15) is 36.1 Å². The highest BCUT2D eigenvalue weighted by Crippen LogP contribution is 2.40. The first-order valence-electron chi connectivity index (χ1n) is 9.94. The number of para-hydroxylation sites is 2. The molecule has 0 spiro atoms. The highest BCUT2D eigenvalue weighted by molar-refractivity contribution is 5.81. The second kappa shape index (κ2) is 7.84. The molecular formula is C25H25NO4. The van der Waals surface area contributed by atoms with Crippen LogP contribution < -0.4 is 15.2 Å². The lowest BCUT2D eigenvalue weighted by Crippen LogP contribution is -2.29. The summed E-state index contributed by atoms with van der Waals surface area (Å²) in [6, 6.07) is 19.5. The third-order valence-corrected chi connectivity index (χ3v) is 5.64. The third-order valence-electron chi connectivity index (χ3n) is 5.64. The number of carboxylic acid groups (broad SMARTS) is 1. The lowest BCUT2D eigenvalue weighted by atomic mass is 9.84. The van der Waals surface area contributed by atoms with Crippen LogP contribution in [0.15, 0.2) is 60.7 Å². The molecule has 3 aromatic carbocycles. The number of nitrogens with two attached hydrogens (primary N) is 1. The van der Waals surface area contributed by atoms with Gasteiger partial charge in [0.05, 0.1) is 5.41 Å².